The molecule has 0 aromatic carbocycles. The summed E-state index contributed by atoms with van der Waals surface area (Å²) in [5, 5.41) is 0. The zero-order valence-corrected chi connectivity index (χ0v) is 10.9. The minimum absolute atomic E-state index is 0.606. The first kappa shape index (κ1) is 10.5. The van der Waals surface area contributed by atoms with E-state index in [9.17, 15) is 0 Å². The molecule has 0 spiro atoms. The van der Waals surface area contributed by atoms with Gasteiger partial charge in [0.2, 0.25) is 0 Å². The average Bonchev–Trinajstić information content (AvgIpc) is 2.48. The van der Waals surface area contributed by atoms with Crippen molar-refractivity contribution in [3.8, 4) is 0 Å². The second-order valence-electron chi connectivity index (χ2n) is 4.85. The van der Waals surface area contributed by atoms with Crippen molar-refractivity contribution in [2.45, 2.75) is 25.7 Å². The van der Waals surface area contributed by atoms with Gasteiger partial charge < -0.3 is 9.97 Å². The van der Waals surface area contributed by atoms with Crippen LogP contribution in [0, 0.1) is 4.64 Å². The summed E-state index contributed by atoms with van der Waals surface area (Å²) in [6.07, 6.45) is 1.64. The van der Waals surface area contributed by atoms with Crippen molar-refractivity contribution in [1.82, 2.24) is 19.9 Å². The molecule has 2 heterocycles. The topological polar surface area (TPSA) is 57.4 Å². The summed E-state index contributed by atoms with van der Waals surface area (Å²) < 4.78 is 0.606. The first-order valence-electron chi connectivity index (χ1n) is 4.88. The molecule has 6 heteroatoms. The molecule has 0 aliphatic heterocycles. The van der Waals surface area contributed by atoms with E-state index in [0.717, 1.165) is 23.0 Å². The number of H-pyrrole nitrogens is 2. The standard InChI is InChI=1S/C9H14N4SSi/c1-15(2,3)4-6-12-8-7(9(14)13-6)10-5-11-8/h5H,4H2,1-3H3,(H2,10,11,12,13,14). The van der Waals surface area contributed by atoms with Crippen LogP contribution in [0.3, 0.4) is 0 Å². The molecular formula is C9H14N4SSi. The van der Waals surface area contributed by atoms with Crippen molar-refractivity contribution in [2.24, 2.45) is 0 Å². The molecule has 2 aromatic rings. The second-order valence-corrected chi connectivity index (χ2v) is 10.7. The number of nitrogens with zero attached hydrogens (tertiary/aromatic N) is 2. The van der Waals surface area contributed by atoms with Gasteiger partial charge in [-0.25, -0.2) is 9.97 Å². The Kier molecular flexibility index (Phi) is 2.47. The molecule has 0 fully saturated rings. The number of hydrogen-bond acceptors (Lipinski definition) is 3. The monoisotopic (exact) mass is 238 g/mol. The Morgan fingerprint density at radius 2 is 2.13 bits per heavy atom. The van der Waals surface area contributed by atoms with Crippen molar-refractivity contribution < 1.29 is 0 Å². The van der Waals surface area contributed by atoms with E-state index in [1.165, 1.54) is 0 Å². The Morgan fingerprint density at radius 1 is 1.40 bits per heavy atom. The molecule has 0 aliphatic rings. The molecule has 2 N–H and O–H groups in total. The summed E-state index contributed by atoms with van der Waals surface area (Å²) in [5.74, 6) is 0.957. The molecule has 15 heavy (non-hydrogen) atoms. The summed E-state index contributed by atoms with van der Waals surface area (Å²) in [4.78, 5) is 14.7. The fourth-order valence-electron chi connectivity index (χ4n) is 1.48. The van der Waals surface area contributed by atoms with Crippen LogP contribution in [-0.2, 0) is 6.04 Å². The number of aromatic nitrogens is 4. The van der Waals surface area contributed by atoms with Crippen LogP contribution in [-0.4, -0.2) is 28.0 Å². The Hall–Kier alpha value is -1.01. The average molecular weight is 238 g/mol. The summed E-state index contributed by atoms with van der Waals surface area (Å²) >= 11 is 5.20. The highest BCUT2D eigenvalue weighted by Crippen LogP contribution is 2.11. The zero-order chi connectivity index (χ0) is 11.1. The van der Waals surface area contributed by atoms with Crippen molar-refractivity contribution in [1.29, 1.82) is 0 Å². The van der Waals surface area contributed by atoms with Gasteiger partial charge in [0.1, 0.15) is 11.3 Å². The quantitative estimate of drug-likeness (QED) is 0.624. The number of nitrogens with one attached hydrogen (secondary N) is 2. The molecule has 2 rings (SSSR count). The summed E-state index contributed by atoms with van der Waals surface area (Å²) in [6.45, 7) is 6.92. The smallest absolute Gasteiger partial charge is 0.159 e. The maximum atomic E-state index is 5.20. The summed E-state index contributed by atoms with van der Waals surface area (Å²) in [5.41, 5.74) is 1.63. The number of imidazole rings is 1. The molecule has 4 nitrogen and oxygen atoms in total. The van der Waals surface area contributed by atoms with Gasteiger partial charge in [-0.15, -0.1) is 0 Å². The minimum Gasteiger partial charge on any atom is -0.341 e. The Bertz CT molecular complexity index is 537. The molecule has 0 aliphatic carbocycles. The lowest BCUT2D eigenvalue weighted by molar-refractivity contribution is 1.02. The maximum absolute atomic E-state index is 5.20. The highest BCUT2D eigenvalue weighted by molar-refractivity contribution is 7.71. The third-order valence-corrected chi connectivity index (χ3v) is 3.74. The van der Waals surface area contributed by atoms with Crippen LogP contribution >= 0.6 is 12.2 Å². The predicted molar refractivity (Wildman–Crippen MR) is 66.1 cm³/mol. The number of aromatic amines is 2. The molecule has 0 amide bonds. The lowest BCUT2D eigenvalue weighted by atomic mass is 10.5. The molecule has 0 saturated carbocycles. The molecule has 2 aromatic heterocycles. The first-order chi connectivity index (χ1) is 6.96. The normalized spacial score (nSPS) is 12.2. The SMILES string of the molecule is C[Si](C)(C)Cc1nc(=S)c2[nH]cnc2[nH]1. The van der Waals surface area contributed by atoms with E-state index in [0.29, 0.717) is 4.64 Å². The lowest BCUT2D eigenvalue weighted by Gasteiger charge is -2.14. The largest absolute Gasteiger partial charge is 0.341 e. The van der Waals surface area contributed by atoms with Gasteiger partial charge in [-0.05, 0) is 0 Å². The highest BCUT2D eigenvalue weighted by Gasteiger charge is 2.16. The van der Waals surface area contributed by atoms with Crippen molar-refractivity contribution in [3.05, 3.63) is 16.8 Å². The van der Waals surface area contributed by atoms with Gasteiger partial charge in [-0.3, -0.25) is 0 Å². The molecule has 0 atom stereocenters. The van der Waals surface area contributed by atoms with Crippen LogP contribution in [0.2, 0.25) is 19.6 Å². The van der Waals surface area contributed by atoms with Crippen molar-refractivity contribution in [3.63, 3.8) is 0 Å². The molecular weight excluding hydrogens is 224 g/mol. The van der Waals surface area contributed by atoms with Crippen LogP contribution in [0.15, 0.2) is 6.33 Å². The van der Waals surface area contributed by atoms with Gasteiger partial charge in [0.25, 0.3) is 0 Å². The molecule has 0 saturated heterocycles. The molecule has 80 valence electrons. The van der Waals surface area contributed by atoms with Crippen LogP contribution in [0.4, 0.5) is 0 Å². The van der Waals surface area contributed by atoms with E-state index in [2.05, 4.69) is 39.6 Å². The third kappa shape index (κ3) is 2.32. The second kappa shape index (κ2) is 3.53. The fourth-order valence-corrected chi connectivity index (χ4v) is 2.92. The highest BCUT2D eigenvalue weighted by atomic mass is 32.1. The van der Waals surface area contributed by atoms with Crippen LogP contribution in [0.5, 0.6) is 0 Å². The van der Waals surface area contributed by atoms with Crippen LogP contribution < -0.4 is 0 Å². The minimum atomic E-state index is -1.17. The fraction of sp³-hybridized carbons (Fsp3) is 0.444. The van der Waals surface area contributed by atoms with Gasteiger partial charge in [0, 0.05) is 6.04 Å². The van der Waals surface area contributed by atoms with Gasteiger partial charge >= 0.3 is 0 Å². The number of fused-ring (bicyclic) bond motifs is 1. The summed E-state index contributed by atoms with van der Waals surface area (Å²) in [7, 11) is -1.17. The Morgan fingerprint density at radius 3 is 2.80 bits per heavy atom. The van der Waals surface area contributed by atoms with Gasteiger partial charge in [-0.1, -0.05) is 31.9 Å². The molecule has 0 bridgehead atoms. The van der Waals surface area contributed by atoms with E-state index >= 15 is 0 Å². The zero-order valence-electron chi connectivity index (χ0n) is 9.09. The molecule has 0 radical (unpaired) electrons. The Balaban J connectivity index is 2.50. The van der Waals surface area contributed by atoms with Gasteiger partial charge in [-0.2, -0.15) is 0 Å². The van der Waals surface area contributed by atoms with E-state index < -0.39 is 8.07 Å². The van der Waals surface area contributed by atoms with E-state index in [4.69, 9.17) is 12.2 Å². The van der Waals surface area contributed by atoms with Crippen LogP contribution in [0.25, 0.3) is 11.2 Å². The van der Waals surface area contributed by atoms with Gasteiger partial charge in [0.05, 0.1) is 14.4 Å². The maximum Gasteiger partial charge on any atom is 0.159 e. The third-order valence-electron chi connectivity index (χ3n) is 2.05. The number of hydrogen-bond donors (Lipinski definition) is 2. The van der Waals surface area contributed by atoms with Gasteiger partial charge in [0.15, 0.2) is 10.3 Å². The predicted octanol–water partition coefficient (Wildman–Crippen LogP) is 2.44. The van der Waals surface area contributed by atoms with Crippen molar-refractivity contribution >= 4 is 31.5 Å². The summed E-state index contributed by atoms with van der Waals surface area (Å²) in [6, 6.07) is 0.999. The van der Waals surface area contributed by atoms with Crippen LogP contribution in [0.1, 0.15) is 5.82 Å². The Labute approximate surface area is 94.2 Å². The van der Waals surface area contributed by atoms with E-state index in [1.807, 2.05) is 0 Å². The lowest BCUT2D eigenvalue weighted by Crippen LogP contribution is -2.25. The molecule has 0 unspecified atom stereocenters. The van der Waals surface area contributed by atoms with Crippen molar-refractivity contribution in [2.75, 3.05) is 0 Å². The van der Waals surface area contributed by atoms with E-state index in [-0.39, 0.29) is 0 Å². The first-order valence-corrected chi connectivity index (χ1v) is 8.99. The number of rotatable bonds is 2. The van der Waals surface area contributed by atoms with E-state index in [1.54, 1.807) is 6.33 Å².